The van der Waals surface area contributed by atoms with Gasteiger partial charge in [-0.15, -0.1) is 0 Å². The molecule has 2 saturated carbocycles. The second-order valence-corrected chi connectivity index (χ2v) is 6.03. The first-order valence-corrected chi connectivity index (χ1v) is 7.71. The first kappa shape index (κ1) is 14.2. The molecule has 3 rings (SSSR count). The van der Waals surface area contributed by atoms with E-state index in [4.69, 9.17) is 15.7 Å². The van der Waals surface area contributed by atoms with Gasteiger partial charge in [0.15, 0.2) is 5.84 Å². The number of ether oxygens (including phenoxy) is 1. The van der Waals surface area contributed by atoms with Crippen molar-refractivity contribution in [1.29, 1.82) is 0 Å². The minimum absolute atomic E-state index is 0.117. The van der Waals surface area contributed by atoms with E-state index in [2.05, 4.69) is 10.1 Å². The summed E-state index contributed by atoms with van der Waals surface area (Å²) < 4.78 is 5.80. The first-order chi connectivity index (χ1) is 10.3. The predicted octanol–water partition coefficient (Wildman–Crippen LogP) is 2.03. The second kappa shape index (κ2) is 6.35. The van der Waals surface area contributed by atoms with Crippen molar-refractivity contribution in [1.82, 2.24) is 4.90 Å². The summed E-state index contributed by atoms with van der Waals surface area (Å²) in [6.45, 7) is 2.96. The molecule has 2 aliphatic carbocycles. The van der Waals surface area contributed by atoms with Crippen molar-refractivity contribution in [3.05, 3.63) is 29.8 Å². The highest BCUT2D eigenvalue weighted by molar-refractivity contribution is 5.97. The summed E-state index contributed by atoms with van der Waals surface area (Å²) in [5.41, 5.74) is 6.22. The summed E-state index contributed by atoms with van der Waals surface area (Å²) in [5.74, 6) is 1.88. The zero-order valence-corrected chi connectivity index (χ0v) is 12.2. The lowest BCUT2D eigenvalue weighted by Gasteiger charge is -2.21. The fraction of sp³-hybridized carbons (Fsp3) is 0.562. The van der Waals surface area contributed by atoms with Gasteiger partial charge in [0.05, 0.1) is 0 Å². The molecule has 5 nitrogen and oxygen atoms in total. The Hall–Kier alpha value is -1.75. The highest BCUT2D eigenvalue weighted by Crippen LogP contribution is 2.34. The molecule has 0 radical (unpaired) electrons. The molecular weight excluding hydrogens is 266 g/mol. The van der Waals surface area contributed by atoms with Gasteiger partial charge in [-0.3, -0.25) is 4.90 Å². The van der Waals surface area contributed by atoms with E-state index >= 15 is 0 Å². The molecule has 2 aliphatic rings. The summed E-state index contributed by atoms with van der Waals surface area (Å²) in [5, 5.41) is 11.6. The van der Waals surface area contributed by atoms with E-state index in [0.717, 1.165) is 24.3 Å². The van der Waals surface area contributed by atoms with E-state index < -0.39 is 0 Å². The van der Waals surface area contributed by atoms with Crippen molar-refractivity contribution in [2.75, 3.05) is 19.7 Å². The molecule has 1 aromatic rings. The smallest absolute Gasteiger partial charge is 0.170 e. The van der Waals surface area contributed by atoms with Crippen LogP contribution in [0.1, 0.15) is 31.2 Å². The lowest BCUT2D eigenvalue weighted by Crippen LogP contribution is -2.32. The Kier molecular flexibility index (Phi) is 4.29. The van der Waals surface area contributed by atoms with Crippen molar-refractivity contribution < 1.29 is 9.94 Å². The van der Waals surface area contributed by atoms with Crippen molar-refractivity contribution in [3.8, 4) is 5.75 Å². The molecule has 3 N–H and O–H groups in total. The van der Waals surface area contributed by atoms with Gasteiger partial charge >= 0.3 is 0 Å². The van der Waals surface area contributed by atoms with E-state index in [1.165, 1.54) is 32.2 Å². The van der Waals surface area contributed by atoms with Gasteiger partial charge in [0, 0.05) is 24.7 Å². The topological polar surface area (TPSA) is 71.1 Å². The van der Waals surface area contributed by atoms with Crippen LogP contribution in [0, 0.1) is 5.92 Å². The van der Waals surface area contributed by atoms with Gasteiger partial charge in [0.2, 0.25) is 0 Å². The van der Waals surface area contributed by atoms with Gasteiger partial charge in [0.1, 0.15) is 12.4 Å². The summed E-state index contributed by atoms with van der Waals surface area (Å²) in [6, 6.07) is 8.11. The van der Waals surface area contributed by atoms with Gasteiger partial charge in [-0.1, -0.05) is 5.16 Å². The van der Waals surface area contributed by atoms with E-state index in [0.29, 0.717) is 12.2 Å². The first-order valence-electron chi connectivity index (χ1n) is 7.71. The maximum Gasteiger partial charge on any atom is 0.170 e. The summed E-state index contributed by atoms with van der Waals surface area (Å²) in [7, 11) is 0. The quantitative estimate of drug-likeness (QED) is 0.332. The molecule has 1 aromatic carbocycles. The Morgan fingerprint density at radius 2 is 1.95 bits per heavy atom. The Morgan fingerprint density at radius 3 is 2.52 bits per heavy atom. The summed E-state index contributed by atoms with van der Waals surface area (Å²) >= 11 is 0. The van der Waals surface area contributed by atoms with Crippen LogP contribution in [0.5, 0.6) is 5.75 Å². The number of nitrogens with zero attached hydrogens (tertiary/aromatic N) is 2. The average molecular weight is 289 g/mol. The largest absolute Gasteiger partial charge is 0.492 e. The van der Waals surface area contributed by atoms with Gasteiger partial charge in [0.25, 0.3) is 0 Å². The normalized spacial score (nSPS) is 19.0. The van der Waals surface area contributed by atoms with Gasteiger partial charge < -0.3 is 15.7 Å². The van der Waals surface area contributed by atoms with Crippen LogP contribution in [-0.2, 0) is 0 Å². The number of oxime groups is 1. The lowest BCUT2D eigenvalue weighted by atomic mass is 10.2. The zero-order valence-electron chi connectivity index (χ0n) is 12.2. The Balaban J connectivity index is 1.45. The van der Waals surface area contributed by atoms with Crippen LogP contribution in [0.15, 0.2) is 29.4 Å². The number of nitrogens with two attached hydrogens (primary N) is 1. The standard InChI is InChI=1S/C16H23N3O2/c17-16(18-20)13-3-7-15(8-4-13)21-10-9-19(14-5-6-14)11-12-1-2-12/h3-4,7-8,12,14,20H,1-2,5-6,9-11H2,(H2,17,18). The van der Waals surface area contributed by atoms with Crippen LogP contribution >= 0.6 is 0 Å². The molecule has 0 atom stereocenters. The molecule has 0 spiro atoms. The van der Waals surface area contributed by atoms with Crippen LogP contribution in [-0.4, -0.2) is 41.7 Å². The monoisotopic (exact) mass is 289 g/mol. The predicted molar refractivity (Wildman–Crippen MR) is 81.8 cm³/mol. The van der Waals surface area contributed by atoms with Crippen molar-refractivity contribution >= 4 is 5.84 Å². The Bertz CT molecular complexity index is 493. The molecule has 0 heterocycles. The highest BCUT2D eigenvalue weighted by atomic mass is 16.5. The minimum atomic E-state index is 0.117. The van der Waals surface area contributed by atoms with Crippen molar-refractivity contribution in [2.24, 2.45) is 16.8 Å². The number of benzene rings is 1. The van der Waals surface area contributed by atoms with Gasteiger partial charge in [-0.2, -0.15) is 0 Å². The molecule has 0 amide bonds. The van der Waals surface area contributed by atoms with E-state index in [9.17, 15) is 0 Å². The summed E-state index contributed by atoms with van der Waals surface area (Å²) in [4.78, 5) is 2.59. The molecular formula is C16H23N3O2. The second-order valence-electron chi connectivity index (χ2n) is 6.03. The molecule has 0 aliphatic heterocycles. The molecule has 0 aromatic heterocycles. The SMILES string of the molecule is NC(=NO)c1ccc(OCCN(CC2CC2)C2CC2)cc1. The van der Waals surface area contributed by atoms with Crippen molar-refractivity contribution in [3.63, 3.8) is 0 Å². The number of amidine groups is 1. The third-order valence-corrected chi connectivity index (χ3v) is 4.16. The Labute approximate surface area is 125 Å². The molecule has 2 fully saturated rings. The third kappa shape index (κ3) is 4.11. The van der Waals surface area contributed by atoms with Crippen LogP contribution < -0.4 is 10.5 Å². The van der Waals surface area contributed by atoms with E-state index in [1.54, 1.807) is 12.1 Å². The highest BCUT2D eigenvalue weighted by Gasteiger charge is 2.33. The van der Waals surface area contributed by atoms with E-state index in [1.807, 2.05) is 12.1 Å². The van der Waals surface area contributed by atoms with Crippen molar-refractivity contribution in [2.45, 2.75) is 31.7 Å². The molecule has 5 heteroatoms. The molecule has 0 saturated heterocycles. The van der Waals surface area contributed by atoms with Crippen LogP contribution in [0.3, 0.4) is 0 Å². The maximum absolute atomic E-state index is 8.62. The van der Waals surface area contributed by atoms with Gasteiger partial charge in [-0.25, -0.2) is 0 Å². The fourth-order valence-electron chi connectivity index (χ4n) is 2.56. The Morgan fingerprint density at radius 1 is 1.24 bits per heavy atom. The molecule has 0 bridgehead atoms. The number of rotatable bonds is 8. The molecule has 21 heavy (non-hydrogen) atoms. The number of hydrogen-bond donors (Lipinski definition) is 2. The molecule has 0 unspecified atom stereocenters. The number of hydrogen-bond acceptors (Lipinski definition) is 4. The lowest BCUT2D eigenvalue weighted by molar-refractivity contribution is 0.195. The average Bonchev–Trinajstić information content (AvgIpc) is 3.39. The minimum Gasteiger partial charge on any atom is -0.492 e. The molecule has 114 valence electrons. The van der Waals surface area contributed by atoms with Crippen LogP contribution in [0.2, 0.25) is 0 Å². The maximum atomic E-state index is 8.62. The third-order valence-electron chi connectivity index (χ3n) is 4.16. The van der Waals surface area contributed by atoms with E-state index in [-0.39, 0.29) is 5.84 Å². The van der Waals surface area contributed by atoms with Gasteiger partial charge in [-0.05, 0) is 55.9 Å². The van der Waals surface area contributed by atoms with Crippen LogP contribution in [0.25, 0.3) is 0 Å². The zero-order chi connectivity index (χ0) is 14.7. The summed E-state index contributed by atoms with van der Waals surface area (Å²) in [6.07, 6.45) is 5.50. The fourth-order valence-corrected chi connectivity index (χ4v) is 2.56. The van der Waals surface area contributed by atoms with Crippen LogP contribution in [0.4, 0.5) is 0 Å².